The van der Waals surface area contributed by atoms with Crippen LogP contribution in [-0.2, 0) is 16.1 Å². The quantitative estimate of drug-likeness (QED) is 0.424. The highest BCUT2D eigenvalue weighted by Gasteiger charge is 2.19. The number of methoxy groups -OCH3 is 1. The number of nitriles is 1. The van der Waals surface area contributed by atoms with Crippen molar-refractivity contribution in [2.24, 2.45) is 5.10 Å². The van der Waals surface area contributed by atoms with E-state index in [-0.39, 0.29) is 31.5 Å². The minimum atomic E-state index is -0.511. The van der Waals surface area contributed by atoms with Gasteiger partial charge in [-0.15, -0.1) is 0 Å². The van der Waals surface area contributed by atoms with Crippen LogP contribution in [0.5, 0.6) is 17.4 Å². The Morgan fingerprint density at radius 1 is 1.40 bits per heavy atom. The van der Waals surface area contributed by atoms with Gasteiger partial charge < -0.3 is 18.9 Å². The van der Waals surface area contributed by atoms with E-state index in [1.165, 1.54) is 13.3 Å². The number of hydrogen-bond donors (Lipinski definition) is 1. The Kier molecular flexibility index (Phi) is 7.25. The van der Waals surface area contributed by atoms with Gasteiger partial charge in [0.05, 0.1) is 18.5 Å². The molecule has 0 bridgehead atoms. The number of aryl methyl sites for hydroxylation is 1. The van der Waals surface area contributed by atoms with Crippen LogP contribution in [0.3, 0.4) is 0 Å². The molecule has 0 unspecified atom stereocenters. The van der Waals surface area contributed by atoms with Gasteiger partial charge in [0.2, 0.25) is 12.7 Å². The molecule has 2 aromatic rings. The van der Waals surface area contributed by atoms with Crippen molar-refractivity contribution in [1.82, 2.24) is 10.4 Å². The van der Waals surface area contributed by atoms with Crippen molar-refractivity contribution < 1.29 is 23.7 Å². The minimum Gasteiger partial charge on any atom is -0.467 e. The lowest BCUT2D eigenvalue weighted by atomic mass is 10.1. The number of ether oxygens (including phenoxy) is 4. The number of halogens is 2. The summed E-state index contributed by atoms with van der Waals surface area (Å²) < 4.78 is 22.6. The monoisotopic (exact) mass is 538 g/mol. The van der Waals surface area contributed by atoms with Crippen LogP contribution in [0.25, 0.3) is 0 Å². The zero-order chi connectivity index (χ0) is 21.7. The first-order valence-corrected chi connectivity index (χ1v) is 10.1. The maximum Gasteiger partial charge on any atom is 0.278 e. The molecule has 0 saturated carbocycles. The number of carbonyl (C=O) groups excluding carboxylic acids is 1. The number of hydrazone groups is 1. The Balaban J connectivity index is 1.64. The number of nitrogens with zero attached hydrogens (tertiary/aromatic N) is 3. The van der Waals surface area contributed by atoms with Gasteiger partial charge in [0, 0.05) is 27.2 Å². The molecule has 1 N–H and O–H groups in total. The van der Waals surface area contributed by atoms with Gasteiger partial charge in [-0.1, -0.05) is 0 Å². The van der Waals surface area contributed by atoms with Crippen LogP contribution in [-0.4, -0.2) is 37.6 Å². The van der Waals surface area contributed by atoms with Crippen molar-refractivity contribution in [2.45, 2.75) is 13.5 Å². The molecule has 1 aliphatic heterocycles. The van der Waals surface area contributed by atoms with E-state index in [0.29, 0.717) is 32.8 Å². The van der Waals surface area contributed by atoms with E-state index in [4.69, 9.17) is 18.9 Å². The molecule has 3 rings (SSSR count). The first-order chi connectivity index (χ1) is 14.4. The largest absolute Gasteiger partial charge is 0.467 e. The molecule has 0 saturated heterocycles. The number of nitrogens with one attached hydrogen (secondary N) is 1. The average molecular weight is 540 g/mol. The van der Waals surface area contributed by atoms with Gasteiger partial charge in [-0.05, 0) is 50.9 Å². The first-order valence-electron chi connectivity index (χ1n) is 8.56. The lowest BCUT2D eigenvalue weighted by Gasteiger charge is -2.13. The second-order valence-electron chi connectivity index (χ2n) is 6.02. The lowest BCUT2D eigenvalue weighted by Crippen LogP contribution is -2.25. The normalized spacial score (nSPS) is 12.1. The molecule has 1 aliphatic rings. The maximum absolute atomic E-state index is 12.1. The van der Waals surface area contributed by atoms with E-state index >= 15 is 0 Å². The fourth-order valence-electron chi connectivity index (χ4n) is 2.59. The van der Waals surface area contributed by atoms with E-state index in [0.717, 1.165) is 4.47 Å². The van der Waals surface area contributed by atoms with Gasteiger partial charge in [0.25, 0.3) is 5.91 Å². The van der Waals surface area contributed by atoms with Crippen LogP contribution in [0.2, 0.25) is 0 Å². The summed E-state index contributed by atoms with van der Waals surface area (Å²) >= 11 is 6.81. The Hall–Kier alpha value is -2.68. The second kappa shape index (κ2) is 9.88. The summed E-state index contributed by atoms with van der Waals surface area (Å²) in [7, 11) is 1.52. The molecule has 1 aromatic carbocycles. The minimum absolute atomic E-state index is 0.0582. The molecule has 0 radical (unpaired) electrons. The summed E-state index contributed by atoms with van der Waals surface area (Å²) in [5.74, 6) is 0.780. The summed E-state index contributed by atoms with van der Waals surface area (Å²) in [5, 5.41) is 13.4. The van der Waals surface area contributed by atoms with E-state index in [9.17, 15) is 10.1 Å². The molecule has 1 amide bonds. The van der Waals surface area contributed by atoms with E-state index in [1.54, 1.807) is 19.1 Å². The third-order valence-electron chi connectivity index (χ3n) is 3.99. The molecule has 156 valence electrons. The average Bonchev–Trinajstić information content (AvgIpc) is 3.17. The van der Waals surface area contributed by atoms with Crippen LogP contribution in [0.4, 0.5) is 0 Å². The van der Waals surface area contributed by atoms with Crippen LogP contribution in [0.1, 0.15) is 22.4 Å². The number of carbonyl (C=O) groups is 1. The van der Waals surface area contributed by atoms with E-state index in [1.807, 2.05) is 6.07 Å². The van der Waals surface area contributed by atoms with E-state index in [2.05, 4.69) is 47.4 Å². The van der Waals surface area contributed by atoms with Crippen molar-refractivity contribution in [3.63, 3.8) is 0 Å². The highest BCUT2D eigenvalue weighted by molar-refractivity contribution is 9.10. The predicted octanol–water partition coefficient (Wildman–Crippen LogP) is 3.19. The van der Waals surface area contributed by atoms with Crippen LogP contribution >= 0.6 is 31.9 Å². The van der Waals surface area contributed by atoms with Gasteiger partial charge >= 0.3 is 0 Å². The molecule has 11 heteroatoms. The number of benzene rings is 1. The van der Waals surface area contributed by atoms with Gasteiger partial charge in [-0.2, -0.15) is 10.4 Å². The molecule has 0 aliphatic carbocycles. The van der Waals surface area contributed by atoms with Crippen molar-refractivity contribution >= 4 is 44.0 Å². The van der Waals surface area contributed by atoms with Gasteiger partial charge in [0.15, 0.2) is 18.1 Å². The zero-order valence-electron chi connectivity index (χ0n) is 16.0. The molecular formula is C19H16Br2N4O5. The standard InChI is InChI=1S/C19H16Br2N4O5/c1-10-18(21)13(7-27-2)12(5-22)19(24-10)28-8-17(26)25-23-6-11-3-15-16(4-14(11)20)30-9-29-15/h3-4,6H,7-9H2,1-2H3,(H,25,26). The highest BCUT2D eigenvalue weighted by atomic mass is 79.9. The molecule has 0 spiro atoms. The number of aromatic nitrogens is 1. The SMILES string of the molecule is COCc1c(Br)c(C)nc(OCC(=O)NN=Cc2cc3c(cc2Br)OCO3)c1C#N. The van der Waals surface area contributed by atoms with Crippen molar-refractivity contribution in [3.05, 3.63) is 43.5 Å². The van der Waals surface area contributed by atoms with Crippen LogP contribution in [0, 0.1) is 18.3 Å². The highest BCUT2D eigenvalue weighted by Crippen LogP contribution is 2.36. The Labute approximate surface area is 189 Å². The predicted molar refractivity (Wildman–Crippen MR) is 114 cm³/mol. The number of pyridine rings is 1. The lowest BCUT2D eigenvalue weighted by molar-refractivity contribution is -0.123. The van der Waals surface area contributed by atoms with E-state index < -0.39 is 5.91 Å². The van der Waals surface area contributed by atoms with Crippen molar-refractivity contribution in [1.29, 1.82) is 5.26 Å². The third kappa shape index (κ3) is 4.89. The number of amides is 1. The molecule has 30 heavy (non-hydrogen) atoms. The van der Waals surface area contributed by atoms with Gasteiger partial charge in [-0.3, -0.25) is 4.79 Å². The summed E-state index contributed by atoms with van der Waals surface area (Å²) in [4.78, 5) is 16.3. The number of hydrogen-bond acceptors (Lipinski definition) is 8. The topological polar surface area (TPSA) is 115 Å². The zero-order valence-corrected chi connectivity index (χ0v) is 19.2. The first kappa shape index (κ1) is 22.0. The Morgan fingerprint density at radius 3 is 2.83 bits per heavy atom. The Bertz CT molecular complexity index is 1050. The smallest absolute Gasteiger partial charge is 0.278 e. The van der Waals surface area contributed by atoms with Crippen molar-refractivity contribution in [3.8, 4) is 23.4 Å². The molecule has 2 heterocycles. The van der Waals surface area contributed by atoms with Crippen LogP contribution < -0.4 is 19.6 Å². The fourth-order valence-corrected chi connectivity index (χ4v) is 3.41. The molecular weight excluding hydrogens is 524 g/mol. The Morgan fingerprint density at radius 2 is 2.13 bits per heavy atom. The summed E-state index contributed by atoms with van der Waals surface area (Å²) in [6.45, 7) is 1.75. The number of rotatable bonds is 7. The molecule has 1 aromatic heterocycles. The summed E-state index contributed by atoms with van der Waals surface area (Å²) in [5.41, 5.74) is 4.49. The maximum atomic E-state index is 12.1. The molecule has 9 nitrogen and oxygen atoms in total. The fraction of sp³-hybridized carbons (Fsp3) is 0.263. The number of fused-ring (bicyclic) bond motifs is 1. The summed E-state index contributed by atoms with van der Waals surface area (Å²) in [6, 6.07) is 5.55. The van der Waals surface area contributed by atoms with Gasteiger partial charge in [-0.25, -0.2) is 10.4 Å². The van der Waals surface area contributed by atoms with Crippen molar-refractivity contribution in [2.75, 3.05) is 20.5 Å². The second-order valence-corrected chi connectivity index (χ2v) is 7.67. The van der Waals surface area contributed by atoms with Crippen LogP contribution in [0.15, 0.2) is 26.2 Å². The van der Waals surface area contributed by atoms with Gasteiger partial charge in [0.1, 0.15) is 11.6 Å². The molecule has 0 atom stereocenters. The molecule has 0 fully saturated rings. The summed E-state index contributed by atoms with van der Waals surface area (Å²) in [6.07, 6.45) is 1.46. The third-order valence-corrected chi connectivity index (χ3v) is 5.73.